The molecular formula is C11H19N. The summed E-state index contributed by atoms with van der Waals surface area (Å²) < 4.78 is 0. The zero-order valence-electron chi connectivity index (χ0n) is 7.84. The summed E-state index contributed by atoms with van der Waals surface area (Å²) in [6.07, 6.45) is 9.13. The fourth-order valence-electron chi connectivity index (χ4n) is 3.68. The zero-order chi connectivity index (χ0) is 7.97. The molecule has 2 saturated heterocycles. The van der Waals surface area contributed by atoms with E-state index in [-0.39, 0.29) is 0 Å². The zero-order valence-corrected chi connectivity index (χ0v) is 7.84. The van der Waals surface area contributed by atoms with Gasteiger partial charge in [0, 0.05) is 12.6 Å². The molecule has 0 amide bonds. The topological polar surface area (TPSA) is 3.24 Å². The van der Waals surface area contributed by atoms with Crippen molar-refractivity contribution in [2.75, 3.05) is 13.1 Å². The predicted octanol–water partition coefficient (Wildman–Crippen LogP) is 2.27. The third-order valence-electron chi connectivity index (χ3n) is 4.37. The Labute approximate surface area is 75.1 Å². The molecule has 0 aromatic rings. The summed E-state index contributed by atoms with van der Waals surface area (Å²) >= 11 is 0. The van der Waals surface area contributed by atoms with Gasteiger partial charge in [-0.05, 0) is 44.1 Å². The minimum Gasteiger partial charge on any atom is -0.300 e. The Morgan fingerprint density at radius 2 is 1.92 bits per heavy atom. The van der Waals surface area contributed by atoms with Gasteiger partial charge in [-0.2, -0.15) is 0 Å². The monoisotopic (exact) mass is 165 g/mol. The first kappa shape index (κ1) is 7.37. The molecule has 3 bridgehead atoms. The van der Waals surface area contributed by atoms with Crippen molar-refractivity contribution < 1.29 is 0 Å². The van der Waals surface area contributed by atoms with Crippen molar-refractivity contribution >= 4 is 0 Å². The molecule has 1 aliphatic carbocycles. The van der Waals surface area contributed by atoms with Crippen LogP contribution in [0.25, 0.3) is 0 Å². The highest BCUT2D eigenvalue weighted by molar-refractivity contribution is 4.94. The van der Waals surface area contributed by atoms with Gasteiger partial charge in [0.2, 0.25) is 0 Å². The van der Waals surface area contributed by atoms with Gasteiger partial charge in [0.15, 0.2) is 0 Å². The minimum atomic E-state index is 1.00. The Balaban J connectivity index is 1.85. The number of hydrogen-bond acceptors (Lipinski definition) is 1. The summed E-state index contributed by atoms with van der Waals surface area (Å²) in [5, 5.41) is 0. The summed E-state index contributed by atoms with van der Waals surface area (Å²) in [6, 6.07) is 1.00. The van der Waals surface area contributed by atoms with Gasteiger partial charge in [-0.25, -0.2) is 0 Å². The van der Waals surface area contributed by atoms with Crippen LogP contribution < -0.4 is 0 Å². The molecule has 0 aromatic carbocycles. The molecule has 0 aromatic heterocycles. The molecule has 4 atom stereocenters. The third kappa shape index (κ3) is 1.02. The van der Waals surface area contributed by atoms with Crippen LogP contribution in [0.4, 0.5) is 0 Å². The van der Waals surface area contributed by atoms with Crippen LogP contribution in [0.2, 0.25) is 0 Å². The highest BCUT2D eigenvalue weighted by atomic mass is 15.2. The van der Waals surface area contributed by atoms with Crippen LogP contribution in [-0.4, -0.2) is 24.0 Å². The number of fused-ring (bicyclic) bond motifs is 3. The summed E-state index contributed by atoms with van der Waals surface area (Å²) in [6.45, 7) is 2.86. The largest absolute Gasteiger partial charge is 0.300 e. The van der Waals surface area contributed by atoms with Crippen molar-refractivity contribution in [3.8, 4) is 0 Å². The fraction of sp³-hybridized carbons (Fsp3) is 1.00. The lowest BCUT2D eigenvalue weighted by Gasteiger charge is -2.27. The van der Waals surface area contributed by atoms with Crippen LogP contribution >= 0.6 is 0 Å². The Morgan fingerprint density at radius 3 is 2.92 bits per heavy atom. The predicted molar refractivity (Wildman–Crippen MR) is 50.0 cm³/mol. The van der Waals surface area contributed by atoms with E-state index in [9.17, 15) is 0 Å². The van der Waals surface area contributed by atoms with Gasteiger partial charge >= 0.3 is 0 Å². The molecule has 1 nitrogen and oxygen atoms in total. The second-order valence-corrected chi connectivity index (χ2v) is 4.98. The first-order valence-electron chi connectivity index (χ1n) is 5.67. The molecule has 68 valence electrons. The van der Waals surface area contributed by atoms with Crippen molar-refractivity contribution in [2.24, 2.45) is 11.8 Å². The molecule has 0 spiro atoms. The maximum Gasteiger partial charge on any atom is 0.00986 e. The standard InChI is InChI=1S/C11H19N/c1-2-6-12-8-10-7-11(12)5-4-9(10)3-1/h9-11H,1-8H2. The van der Waals surface area contributed by atoms with Gasteiger partial charge in [0.1, 0.15) is 0 Å². The molecule has 0 radical (unpaired) electrons. The smallest absolute Gasteiger partial charge is 0.00986 e. The maximum atomic E-state index is 2.78. The summed E-state index contributed by atoms with van der Waals surface area (Å²) in [7, 11) is 0. The van der Waals surface area contributed by atoms with Crippen molar-refractivity contribution in [1.82, 2.24) is 4.90 Å². The molecule has 0 N–H and O–H groups in total. The normalized spacial score (nSPS) is 52.0. The van der Waals surface area contributed by atoms with Crippen molar-refractivity contribution in [2.45, 2.75) is 44.6 Å². The highest BCUT2D eigenvalue weighted by Gasteiger charge is 2.40. The van der Waals surface area contributed by atoms with E-state index in [2.05, 4.69) is 4.90 Å². The Bertz CT molecular complexity index is 172. The van der Waals surface area contributed by atoms with E-state index in [1.165, 1.54) is 32.4 Å². The van der Waals surface area contributed by atoms with Crippen molar-refractivity contribution in [3.63, 3.8) is 0 Å². The molecule has 3 rings (SSSR count). The first-order valence-corrected chi connectivity index (χ1v) is 5.67. The Kier molecular flexibility index (Phi) is 1.68. The average molecular weight is 165 g/mol. The average Bonchev–Trinajstić information content (AvgIpc) is 2.42. The van der Waals surface area contributed by atoms with E-state index in [0.29, 0.717) is 0 Å². The molecule has 1 heteroatoms. The summed E-state index contributed by atoms with van der Waals surface area (Å²) in [5.74, 6) is 2.22. The number of hydrogen-bond donors (Lipinski definition) is 0. The van der Waals surface area contributed by atoms with Crippen LogP contribution in [0.5, 0.6) is 0 Å². The quantitative estimate of drug-likeness (QED) is 0.532. The van der Waals surface area contributed by atoms with Crippen LogP contribution in [0, 0.1) is 11.8 Å². The van der Waals surface area contributed by atoms with E-state index in [1.807, 2.05) is 0 Å². The molecule has 4 unspecified atom stereocenters. The second kappa shape index (κ2) is 2.73. The summed E-state index contributed by atoms with van der Waals surface area (Å²) in [5.41, 5.74) is 0. The van der Waals surface area contributed by atoms with Gasteiger partial charge < -0.3 is 4.90 Å². The molecular weight excluding hydrogens is 146 g/mol. The SMILES string of the molecule is C1CCN2CC3CC2CCC3C1. The lowest BCUT2D eigenvalue weighted by molar-refractivity contribution is 0.244. The second-order valence-electron chi connectivity index (χ2n) is 4.98. The van der Waals surface area contributed by atoms with Crippen molar-refractivity contribution in [3.05, 3.63) is 0 Å². The molecule has 1 saturated carbocycles. The third-order valence-corrected chi connectivity index (χ3v) is 4.37. The van der Waals surface area contributed by atoms with Gasteiger partial charge in [0.25, 0.3) is 0 Å². The first-order chi connectivity index (χ1) is 5.93. The molecule has 3 aliphatic rings. The molecule has 3 fully saturated rings. The minimum absolute atomic E-state index is 1.00. The van der Waals surface area contributed by atoms with E-state index < -0.39 is 0 Å². The Morgan fingerprint density at radius 1 is 0.917 bits per heavy atom. The van der Waals surface area contributed by atoms with Gasteiger partial charge in [-0.3, -0.25) is 0 Å². The lowest BCUT2D eigenvalue weighted by atomic mass is 9.78. The van der Waals surface area contributed by atoms with E-state index in [1.54, 1.807) is 19.3 Å². The molecule has 12 heavy (non-hydrogen) atoms. The van der Waals surface area contributed by atoms with Crippen LogP contribution in [0.3, 0.4) is 0 Å². The molecule has 2 aliphatic heterocycles. The van der Waals surface area contributed by atoms with Crippen LogP contribution in [0.1, 0.15) is 38.5 Å². The lowest BCUT2D eigenvalue weighted by Crippen LogP contribution is -2.29. The van der Waals surface area contributed by atoms with Gasteiger partial charge in [-0.15, -0.1) is 0 Å². The number of nitrogens with zero attached hydrogens (tertiary/aromatic N) is 1. The number of rotatable bonds is 0. The van der Waals surface area contributed by atoms with E-state index >= 15 is 0 Å². The highest BCUT2D eigenvalue weighted by Crippen LogP contribution is 2.43. The van der Waals surface area contributed by atoms with Crippen LogP contribution in [0.15, 0.2) is 0 Å². The Hall–Kier alpha value is -0.0400. The van der Waals surface area contributed by atoms with E-state index in [4.69, 9.17) is 0 Å². The van der Waals surface area contributed by atoms with Gasteiger partial charge in [-0.1, -0.05) is 12.8 Å². The van der Waals surface area contributed by atoms with Gasteiger partial charge in [0.05, 0.1) is 0 Å². The fourth-order valence-corrected chi connectivity index (χ4v) is 3.68. The van der Waals surface area contributed by atoms with Crippen molar-refractivity contribution in [1.29, 1.82) is 0 Å². The van der Waals surface area contributed by atoms with E-state index in [0.717, 1.165) is 17.9 Å². The van der Waals surface area contributed by atoms with Crippen LogP contribution in [-0.2, 0) is 0 Å². The summed E-state index contributed by atoms with van der Waals surface area (Å²) in [4.78, 5) is 2.78. The molecule has 2 heterocycles. The maximum absolute atomic E-state index is 2.78.